The quantitative estimate of drug-likeness (QED) is 0.861. The maximum atomic E-state index is 13.0. The molecule has 0 amide bonds. The van der Waals surface area contributed by atoms with Crippen molar-refractivity contribution in [2.45, 2.75) is 25.7 Å². The first-order valence-corrected chi connectivity index (χ1v) is 5.70. The van der Waals surface area contributed by atoms with Gasteiger partial charge in [-0.15, -0.1) is 0 Å². The smallest absolute Gasteiger partial charge is 0.161 e. The normalized spacial score (nSPS) is 13.2. The number of hydrogen-bond acceptors (Lipinski definition) is 2. The number of nitrogens with two attached hydrogens (primary N) is 1. The minimum Gasteiger partial charge on any atom is -0.342 e. The van der Waals surface area contributed by atoms with Gasteiger partial charge in [-0.05, 0) is 6.42 Å². The van der Waals surface area contributed by atoms with Crippen molar-refractivity contribution in [3.05, 3.63) is 29.6 Å². The van der Waals surface area contributed by atoms with Crippen LogP contribution in [0, 0.1) is 11.6 Å². The van der Waals surface area contributed by atoms with E-state index in [9.17, 15) is 8.78 Å². The molecule has 2 rings (SSSR count). The van der Waals surface area contributed by atoms with Crippen molar-refractivity contribution < 1.29 is 8.78 Å². The first kappa shape index (κ1) is 12.0. The summed E-state index contributed by atoms with van der Waals surface area (Å²) < 4.78 is 26.1. The average Bonchev–Trinajstić information content (AvgIpc) is 2.69. The highest BCUT2D eigenvalue weighted by atomic mass is 19.2. The Bertz CT molecular complexity index is 483. The second-order valence-electron chi connectivity index (χ2n) is 4.13. The topological polar surface area (TPSA) is 54.7 Å². The molecule has 0 spiro atoms. The Morgan fingerprint density at radius 1 is 1.35 bits per heavy atom. The van der Waals surface area contributed by atoms with Gasteiger partial charge in [-0.25, -0.2) is 13.8 Å². The predicted molar refractivity (Wildman–Crippen MR) is 62.7 cm³/mol. The molecular weight excluding hydrogens is 224 g/mol. The van der Waals surface area contributed by atoms with Crippen molar-refractivity contribution in [3.8, 4) is 0 Å². The number of nitrogens with one attached hydrogen (secondary N) is 1. The Hall–Kier alpha value is -1.49. The van der Waals surface area contributed by atoms with Gasteiger partial charge in [0, 0.05) is 24.6 Å². The summed E-state index contributed by atoms with van der Waals surface area (Å²) in [6.07, 6.45) is 1.89. The first-order chi connectivity index (χ1) is 8.15. The van der Waals surface area contributed by atoms with Crippen LogP contribution in [0.1, 0.15) is 31.5 Å². The Kier molecular flexibility index (Phi) is 3.38. The number of aromatic amines is 1. The Morgan fingerprint density at radius 3 is 2.71 bits per heavy atom. The van der Waals surface area contributed by atoms with E-state index < -0.39 is 11.6 Å². The molecule has 0 radical (unpaired) electrons. The molecule has 2 aromatic rings. The van der Waals surface area contributed by atoms with Crippen molar-refractivity contribution in [2.75, 3.05) is 6.54 Å². The van der Waals surface area contributed by atoms with Crippen LogP contribution in [-0.2, 0) is 0 Å². The SMILES string of the molecule is CCCC(CN)c1nc2cc(F)c(F)cc2[nH]1. The zero-order chi connectivity index (χ0) is 12.4. The van der Waals surface area contributed by atoms with Gasteiger partial charge in [0.25, 0.3) is 0 Å². The summed E-state index contributed by atoms with van der Waals surface area (Å²) in [6.45, 7) is 2.53. The van der Waals surface area contributed by atoms with E-state index in [-0.39, 0.29) is 5.92 Å². The van der Waals surface area contributed by atoms with Crippen LogP contribution in [0.2, 0.25) is 0 Å². The molecule has 0 bridgehead atoms. The standard InChI is InChI=1S/C12H15F2N3/c1-2-3-7(6-15)12-16-10-4-8(13)9(14)5-11(10)17-12/h4-5,7H,2-3,6,15H2,1H3,(H,16,17). The summed E-state index contributed by atoms with van der Waals surface area (Å²) in [5.74, 6) is -0.935. The number of nitrogens with zero attached hydrogens (tertiary/aromatic N) is 1. The second-order valence-corrected chi connectivity index (χ2v) is 4.13. The van der Waals surface area contributed by atoms with Crippen LogP contribution in [0.25, 0.3) is 11.0 Å². The molecule has 0 aliphatic heterocycles. The molecule has 3 N–H and O–H groups in total. The molecule has 17 heavy (non-hydrogen) atoms. The number of fused-ring (bicyclic) bond motifs is 1. The van der Waals surface area contributed by atoms with Gasteiger partial charge >= 0.3 is 0 Å². The van der Waals surface area contributed by atoms with Crippen molar-refractivity contribution in [2.24, 2.45) is 5.73 Å². The summed E-state index contributed by atoms with van der Waals surface area (Å²) in [5.41, 5.74) is 6.61. The van der Waals surface area contributed by atoms with Crippen LogP contribution in [0.15, 0.2) is 12.1 Å². The minimum atomic E-state index is -0.879. The van der Waals surface area contributed by atoms with Crippen molar-refractivity contribution in [3.63, 3.8) is 0 Å². The second kappa shape index (κ2) is 4.79. The number of rotatable bonds is 4. The molecule has 0 aliphatic rings. The van der Waals surface area contributed by atoms with E-state index in [4.69, 9.17) is 5.73 Å². The van der Waals surface area contributed by atoms with E-state index in [0.29, 0.717) is 23.4 Å². The lowest BCUT2D eigenvalue weighted by Gasteiger charge is -2.09. The lowest BCUT2D eigenvalue weighted by atomic mass is 10.0. The molecule has 1 atom stereocenters. The van der Waals surface area contributed by atoms with E-state index in [1.165, 1.54) is 0 Å². The van der Waals surface area contributed by atoms with Gasteiger partial charge in [0.1, 0.15) is 5.82 Å². The summed E-state index contributed by atoms with van der Waals surface area (Å²) in [7, 11) is 0. The molecule has 1 unspecified atom stereocenters. The first-order valence-electron chi connectivity index (χ1n) is 5.70. The number of aromatic nitrogens is 2. The molecule has 0 saturated heterocycles. The van der Waals surface area contributed by atoms with E-state index in [1.54, 1.807) is 0 Å². The van der Waals surface area contributed by atoms with Crippen LogP contribution in [0.5, 0.6) is 0 Å². The van der Waals surface area contributed by atoms with Gasteiger partial charge in [0.05, 0.1) is 11.0 Å². The minimum absolute atomic E-state index is 0.110. The summed E-state index contributed by atoms with van der Waals surface area (Å²) in [4.78, 5) is 7.26. The van der Waals surface area contributed by atoms with Gasteiger partial charge in [-0.2, -0.15) is 0 Å². The summed E-state index contributed by atoms with van der Waals surface area (Å²) in [6, 6.07) is 2.23. The number of hydrogen-bond donors (Lipinski definition) is 2. The molecule has 1 aromatic carbocycles. The van der Waals surface area contributed by atoms with Gasteiger partial charge in [0.2, 0.25) is 0 Å². The lowest BCUT2D eigenvalue weighted by Crippen LogP contribution is -2.13. The Balaban J connectivity index is 2.43. The number of imidazole rings is 1. The molecule has 1 heterocycles. The third-order valence-corrected chi connectivity index (χ3v) is 2.85. The average molecular weight is 239 g/mol. The molecule has 0 saturated carbocycles. The van der Waals surface area contributed by atoms with Gasteiger partial charge in [0.15, 0.2) is 11.6 Å². The van der Waals surface area contributed by atoms with E-state index in [0.717, 1.165) is 25.0 Å². The highest BCUT2D eigenvalue weighted by Crippen LogP contribution is 2.22. The monoisotopic (exact) mass is 239 g/mol. The largest absolute Gasteiger partial charge is 0.342 e. The highest BCUT2D eigenvalue weighted by molar-refractivity contribution is 5.75. The highest BCUT2D eigenvalue weighted by Gasteiger charge is 2.15. The number of benzene rings is 1. The fraction of sp³-hybridized carbons (Fsp3) is 0.417. The number of halogens is 2. The molecular formula is C12H15F2N3. The summed E-state index contributed by atoms with van der Waals surface area (Å²) >= 11 is 0. The fourth-order valence-electron chi connectivity index (χ4n) is 1.93. The zero-order valence-corrected chi connectivity index (χ0v) is 9.63. The van der Waals surface area contributed by atoms with Crippen molar-refractivity contribution >= 4 is 11.0 Å². The van der Waals surface area contributed by atoms with Gasteiger partial charge in [-0.3, -0.25) is 0 Å². The zero-order valence-electron chi connectivity index (χ0n) is 9.63. The Labute approximate surface area is 98.0 Å². The van der Waals surface area contributed by atoms with E-state index >= 15 is 0 Å². The van der Waals surface area contributed by atoms with Crippen LogP contribution in [-0.4, -0.2) is 16.5 Å². The fourth-order valence-corrected chi connectivity index (χ4v) is 1.93. The molecule has 3 nitrogen and oxygen atoms in total. The molecule has 1 aromatic heterocycles. The number of H-pyrrole nitrogens is 1. The third-order valence-electron chi connectivity index (χ3n) is 2.85. The van der Waals surface area contributed by atoms with Crippen LogP contribution >= 0.6 is 0 Å². The third kappa shape index (κ3) is 2.29. The Morgan fingerprint density at radius 2 is 2.06 bits per heavy atom. The molecule has 92 valence electrons. The molecule has 0 fully saturated rings. The van der Waals surface area contributed by atoms with Crippen molar-refractivity contribution in [1.29, 1.82) is 0 Å². The van der Waals surface area contributed by atoms with Crippen LogP contribution in [0.4, 0.5) is 8.78 Å². The maximum absolute atomic E-state index is 13.0. The summed E-state index contributed by atoms with van der Waals surface area (Å²) in [5, 5.41) is 0. The van der Waals surface area contributed by atoms with Gasteiger partial charge < -0.3 is 10.7 Å². The lowest BCUT2D eigenvalue weighted by molar-refractivity contribution is 0.510. The predicted octanol–water partition coefficient (Wildman–Crippen LogP) is 2.68. The van der Waals surface area contributed by atoms with Gasteiger partial charge in [-0.1, -0.05) is 13.3 Å². The molecule has 5 heteroatoms. The van der Waals surface area contributed by atoms with E-state index in [2.05, 4.69) is 16.9 Å². The van der Waals surface area contributed by atoms with Crippen molar-refractivity contribution in [1.82, 2.24) is 9.97 Å². The van der Waals surface area contributed by atoms with Crippen LogP contribution < -0.4 is 5.73 Å². The van der Waals surface area contributed by atoms with Crippen LogP contribution in [0.3, 0.4) is 0 Å². The molecule has 0 aliphatic carbocycles. The maximum Gasteiger partial charge on any atom is 0.161 e. The van der Waals surface area contributed by atoms with E-state index in [1.807, 2.05) is 0 Å².